The molecule has 1 saturated carbocycles. The van der Waals surface area contributed by atoms with Gasteiger partial charge in [0.25, 0.3) is 0 Å². The fourth-order valence-corrected chi connectivity index (χ4v) is 6.96. The van der Waals surface area contributed by atoms with Gasteiger partial charge in [-0.2, -0.15) is 0 Å². The second-order valence-corrected chi connectivity index (χ2v) is 9.69. The van der Waals surface area contributed by atoms with Crippen LogP contribution in [0.2, 0.25) is 0 Å². The van der Waals surface area contributed by atoms with Crippen LogP contribution in [0.1, 0.15) is 30.4 Å². The van der Waals surface area contributed by atoms with Gasteiger partial charge in [-0.15, -0.1) is 0 Å². The van der Waals surface area contributed by atoms with Crippen molar-refractivity contribution in [3.05, 3.63) is 90.0 Å². The summed E-state index contributed by atoms with van der Waals surface area (Å²) in [6.07, 6.45) is 3.60. The molecule has 0 amide bonds. The molecule has 1 nitrogen and oxygen atoms in total. The molecule has 3 aromatic rings. The average Bonchev–Trinajstić information content (AvgIpc) is 3.15. The molecule has 0 bridgehead atoms. The second kappa shape index (κ2) is 8.19. The van der Waals surface area contributed by atoms with E-state index in [4.69, 9.17) is 4.99 Å². The van der Waals surface area contributed by atoms with Gasteiger partial charge in [0.1, 0.15) is 0 Å². The maximum atomic E-state index is 5.24. The SMILES string of the molecule is Cc1cccc(C)c1N=C1CCCC1P(c1ccccc1)c1ccccc1. The van der Waals surface area contributed by atoms with Gasteiger partial charge in [-0.05, 0) is 62.8 Å². The summed E-state index contributed by atoms with van der Waals surface area (Å²) in [6.45, 7) is 4.35. The lowest BCUT2D eigenvalue weighted by molar-refractivity contribution is 0.891. The first kappa shape index (κ1) is 18.1. The number of rotatable bonds is 4. The number of hydrogen-bond acceptors (Lipinski definition) is 1. The van der Waals surface area contributed by atoms with Crippen LogP contribution in [-0.4, -0.2) is 11.4 Å². The number of hydrogen-bond donors (Lipinski definition) is 0. The molecule has 0 spiro atoms. The third kappa shape index (κ3) is 3.89. The Morgan fingerprint density at radius 3 is 1.85 bits per heavy atom. The summed E-state index contributed by atoms with van der Waals surface area (Å²) in [6, 6.07) is 28.6. The van der Waals surface area contributed by atoms with Crippen LogP contribution < -0.4 is 10.6 Å². The Balaban J connectivity index is 1.79. The molecule has 27 heavy (non-hydrogen) atoms. The molecule has 2 heteroatoms. The molecule has 1 aliphatic rings. The van der Waals surface area contributed by atoms with E-state index in [1.165, 1.54) is 46.0 Å². The van der Waals surface area contributed by atoms with Crippen molar-refractivity contribution in [1.29, 1.82) is 0 Å². The molecule has 0 saturated heterocycles. The monoisotopic (exact) mass is 371 g/mol. The third-order valence-corrected chi connectivity index (χ3v) is 8.26. The lowest BCUT2D eigenvalue weighted by Crippen LogP contribution is -2.24. The van der Waals surface area contributed by atoms with Gasteiger partial charge in [-0.3, -0.25) is 4.99 Å². The molecule has 1 atom stereocenters. The predicted molar refractivity (Wildman–Crippen MR) is 120 cm³/mol. The molecule has 1 fully saturated rings. The van der Waals surface area contributed by atoms with Gasteiger partial charge in [0.2, 0.25) is 0 Å². The molecular formula is C25H26NP. The molecule has 0 aliphatic heterocycles. The van der Waals surface area contributed by atoms with E-state index in [2.05, 4.69) is 92.7 Å². The van der Waals surface area contributed by atoms with Gasteiger partial charge in [0, 0.05) is 11.4 Å². The summed E-state index contributed by atoms with van der Waals surface area (Å²) in [5, 5.41) is 2.92. The van der Waals surface area contributed by atoms with Crippen LogP contribution in [-0.2, 0) is 0 Å². The molecule has 0 heterocycles. The van der Waals surface area contributed by atoms with Crippen molar-refractivity contribution in [1.82, 2.24) is 0 Å². The average molecular weight is 371 g/mol. The van der Waals surface area contributed by atoms with E-state index in [-0.39, 0.29) is 0 Å². The summed E-state index contributed by atoms with van der Waals surface area (Å²) in [5.41, 5.74) is 5.65. The topological polar surface area (TPSA) is 12.4 Å². The first-order chi connectivity index (χ1) is 13.2. The quantitative estimate of drug-likeness (QED) is 0.494. The standard InChI is InChI=1S/C25H26NP/c1-19-11-9-12-20(2)25(19)26-23-17-10-18-24(23)27(21-13-5-3-6-14-21)22-15-7-4-8-16-22/h3-9,11-16,24H,10,17-18H2,1-2H3. The maximum absolute atomic E-state index is 5.24. The number of benzene rings is 3. The zero-order valence-corrected chi connectivity index (χ0v) is 17.0. The molecule has 0 N–H and O–H groups in total. The zero-order valence-electron chi connectivity index (χ0n) is 16.1. The molecule has 4 rings (SSSR count). The number of para-hydroxylation sites is 1. The van der Waals surface area contributed by atoms with E-state index in [1.807, 2.05) is 0 Å². The summed E-state index contributed by atoms with van der Waals surface area (Å²) in [7, 11) is -0.438. The smallest absolute Gasteiger partial charge is 0.0687 e. The Morgan fingerprint density at radius 1 is 0.741 bits per heavy atom. The van der Waals surface area contributed by atoms with Crippen molar-refractivity contribution in [2.75, 3.05) is 0 Å². The number of aliphatic imine (C=N–C) groups is 1. The second-order valence-electron chi connectivity index (χ2n) is 7.29. The largest absolute Gasteiger partial charge is 0.257 e. The zero-order chi connectivity index (χ0) is 18.6. The minimum atomic E-state index is -0.438. The van der Waals surface area contributed by atoms with E-state index in [0.29, 0.717) is 5.66 Å². The first-order valence-electron chi connectivity index (χ1n) is 9.77. The summed E-state index contributed by atoms with van der Waals surface area (Å²) < 4.78 is 0. The summed E-state index contributed by atoms with van der Waals surface area (Å²) in [5.74, 6) is 0. The van der Waals surface area contributed by atoms with E-state index in [1.54, 1.807) is 0 Å². The molecule has 0 aromatic heterocycles. The highest BCUT2D eigenvalue weighted by Gasteiger charge is 2.32. The minimum Gasteiger partial charge on any atom is -0.257 e. The van der Waals surface area contributed by atoms with Crippen LogP contribution >= 0.6 is 7.92 Å². The molecular weight excluding hydrogens is 345 g/mol. The molecule has 1 unspecified atom stereocenters. The van der Waals surface area contributed by atoms with Gasteiger partial charge in [-0.1, -0.05) is 78.9 Å². The lowest BCUT2D eigenvalue weighted by atomic mass is 10.1. The molecule has 136 valence electrons. The van der Waals surface area contributed by atoms with E-state index >= 15 is 0 Å². The Hall–Kier alpha value is -2.24. The fourth-order valence-electron chi connectivity index (χ4n) is 4.03. The Morgan fingerprint density at radius 2 is 1.30 bits per heavy atom. The van der Waals surface area contributed by atoms with Crippen LogP contribution in [0.25, 0.3) is 0 Å². The van der Waals surface area contributed by atoms with Gasteiger partial charge in [0.15, 0.2) is 0 Å². The van der Waals surface area contributed by atoms with E-state index in [9.17, 15) is 0 Å². The van der Waals surface area contributed by atoms with Crippen molar-refractivity contribution in [2.45, 2.75) is 38.8 Å². The highest BCUT2D eigenvalue weighted by Crippen LogP contribution is 2.46. The Bertz CT molecular complexity index is 871. The van der Waals surface area contributed by atoms with Crippen molar-refractivity contribution in [2.24, 2.45) is 4.99 Å². The number of nitrogens with zero attached hydrogens (tertiary/aromatic N) is 1. The lowest BCUT2D eigenvalue weighted by Gasteiger charge is -2.26. The van der Waals surface area contributed by atoms with E-state index in [0.717, 1.165) is 6.42 Å². The van der Waals surface area contributed by atoms with Crippen LogP contribution in [0.4, 0.5) is 5.69 Å². The summed E-state index contributed by atoms with van der Waals surface area (Å²) in [4.78, 5) is 5.24. The van der Waals surface area contributed by atoms with Crippen molar-refractivity contribution < 1.29 is 0 Å². The molecule has 0 radical (unpaired) electrons. The highest BCUT2D eigenvalue weighted by atomic mass is 31.1. The predicted octanol–water partition coefficient (Wildman–Crippen LogP) is 6.06. The van der Waals surface area contributed by atoms with Crippen molar-refractivity contribution >= 4 is 29.9 Å². The number of aryl methyl sites for hydroxylation is 2. The molecule has 3 aromatic carbocycles. The van der Waals surface area contributed by atoms with Gasteiger partial charge in [0.05, 0.1) is 5.69 Å². The minimum absolute atomic E-state index is 0.438. The van der Waals surface area contributed by atoms with Crippen LogP contribution in [0.3, 0.4) is 0 Å². The van der Waals surface area contributed by atoms with Crippen molar-refractivity contribution in [3.63, 3.8) is 0 Å². The van der Waals surface area contributed by atoms with Gasteiger partial charge in [-0.25, -0.2) is 0 Å². The summed E-state index contributed by atoms with van der Waals surface area (Å²) >= 11 is 0. The van der Waals surface area contributed by atoms with E-state index < -0.39 is 7.92 Å². The fraction of sp³-hybridized carbons (Fsp3) is 0.240. The highest BCUT2D eigenvalue weighted by molar-refractivity contribution is 7.74. The normalized spacial score (nSPS) is 18.3. The maximum Gasteiger partial charge on any atom is 0.0687 e. The van der Waals surface area contributed by atoms with Gasteiger partial charge >= 0.3 is 0 Å². The van der Waals surface area contributed by atoms with Crippen LogP contribution in [0, 0.1) is 13.8 Å². The Kier molecular flexibility index (Phi) is 5.50. The first-order valence-corrected chi connectivity index (χ1v) is 11.2. The van der Waals surface area contributed by atoms with Crippen LogP contribution in [0.5, 0.6) is 0 Å². The molecule has 1 aliphatic carbocycles. The Labute approximate surface area is 163 Å². The van der Waals surface area contributed by atoms with Crippen molar-refractivity contribution in [3.8, 4) is 0 Å². The van der Waals surface area contributed by atoms with Gasteiger partial charge < -0.3 is 0 Å². The third-order valence-electron chi connectivity index (χ3n) is 5.37. The van der Waals surface area contributed by atoms with Crippen LogP contribution in [0.15, 0.2) is 83.9 Å².